The van der Waals surface area contributed by atoms with E-state index in [0.717, 1.165) is 28.1 Å². The van der Waals surface area contributed by atoms with E-state index in [1.807, 2.05) is 91.2 Å². The Labute approximate surface area is 190 Å². The molecular weight excluding hydrogens is 428 g/mol. The average Bonchev–Trinajstić information content (AvgIpc) is 3.19. The Morgan fingerprint density at radius 2 is 1.74 bits per heavy atom. The Kier molecular flexibility index (Phi) is 6.39. The molecule has 0 saturated heterocycles. The Morgan fingerprint density at radius 1 is 1.00 bits per heavy atom. The highest BCUT2D eigenvalue weighted by Crippen LogP contribution is 2.32. The number of hydrogen-bond acceptors (Lipinski definition) is 4. The van der Waals surface area contributed by atoms with Crippen LogP contribution in [0, 0.1) is 13.8 Å². The summed E-state index contributed by atoms with van der Waals surface area (Å²) in [5.74, 6) is 0.744. The zero-order valence-electron chi connectivity index (χ0n) is 17.2. The number of aromatic nitrogens is 3. The number of nitrogens with one attached hydrogen (secondary N) is 1. The van der Waals surface area contributed by atoms with Gasteiger partial charge in [0.05, 0.1) is 10.8 Å². The second kappa shape index (κ2) is 9.37. The summed E-state index contributed by atoms with van der Waals surface area (Å²) < 4.78 is 1.93. The van der Waals surface area contributed by atoms with Crippen molar-refractivity contribution < 1.29 is 4.79 Å². The number of carbonyl (C=O) groups is 1. The first-order valence-electron chi connectivity index (χ1n) is 9.78. The van der Waals surface area contributed by atoms with Gasteiger partial charge in [0.2, 0.25) is 5.91 Å². The molecule has 31 heavy (non-hydrogen) atoms. The summed E-state index contributed by atoms with van der Waals surface area (Å²) in [4.78, 5) is 12.6. The van der Waals surface area contributed by atoms with Crippen LogP contribution >= 0.6 is 23.4 Å². The van der Waals surface area contributed by atoms with Gasteiger partial charge in [-0.2, -0.15) is 0 Å². The van der Waals surface area contributed by atoms with Crippen LogP contribution in [0.3, 0.4) is 0 Å². The summed E-state index contributed by atoms with van der Waals surface area (Å²) in [6, 6.07) is 23.3. The normalized spacial score (nSPS) is 10.8. The van der Waals surface area contributed by atoms with Gasteiger partial charge in [0, 0.05) is 16.9 Å². The third-order valence-corrected chi connectivity index (χ3v) is 6.01. The van der Waals surface area contributed by atoms with Gasteiger partial charge >= 0.3 is 0 Å². The Bertz CT molecular complexity index is 1220. The van der Waals surface area contributed by atoms with E-state index in [9.17, 15) is 4.79 Å². The molecule has 0 aliphatic carbocycles. The molecule has 3 aromatic carbocycles. The number of para-hydroxylation sites is 1. The number of rotatable bonds is 6. The van der Waals surface area contributed by atoms with Crippen molar-refractivity contribution >= 4 is 35.0 Å². The minimum Gasteiger partial charge on any atom is -0.325 e. The predicted octanol–water partition coefficient (Wildman–Crippen LogP) is 5.94. The molecule has 1 heterocycles. The average molecular weight is 449 g/mol. The van der Waals surface area contributed by atoms with E-state index < -0.39 is 0 Å². The quantitative estimate of drug-likeness (QED) is 0.371. The topological polar surface area (TPSA) is 59.8 Å². The lowest BCUT2D eigenvalue weighted by atomic mass is 10.1. The maximum atomic E-state index is 12.6. The fourth-order valence-corrected chi connectivity index (χ4v) is 4.23. The van der Waals surface area contributed by atoms with Gasteiger partial charge in [-0.25, -0.2) is 0 Å². The smallest absolute Gasteiger partial charge is 0.234 e. The van der Waals surface area contributed by atoms with Crippen molar-refractivity contribution in [1.82, 2.24) is 14.8 Å². The van der Waals surface area contributed by atoms with Crippen LogP contribution in [-0.2, 0) is 4.79 Å². The maximum Gasteiger partial charge on any atom is 0.234 e. The molecule has 1 amide bonds. The Balaban J connectivity index is 1.60. The van der Waals surface area contributed by atoms with Crippen molar-refractivity contribution in [2.45, 2.75) is 19.0 Å². The van der Waals surface area contributed by atoms with Crippen molar-refractivity contribution in [2.75, 3.05) is 11.1 Å². The van der Waals surface area contributed by atoms with Crippen molar-refractivity contribution in [3.05, 3.63) is 88.9 Å². The van der Waals surface area contributed by atoms with Gasteiger partial charge in [0.1, 0.15) is 0 Å². The molecule has 0 aliphatic rings. The number of halogens is 1. The third-order valence-electron chi connectivity index (χ3n) is 4.75. The molecule has 0 fully saturated rings. The van der Waals surface area contributed by atoms with Crippen LogP contribution in [-0.4, -0.2) is 26.4 Å². The molecule has 0 unspecified atom stereocenters. The third kappa shape index (κ3) is 4.81. The van der Waals surface area contributed by atoms with Crippen LogP contribution in [0.4, 0.5) is 5.69 Å². The molecule has 0 aliphatic heterocycles. The number of nitrogens with zero attached hydrogens (tertiary/aromatic N) is 3. The number of thioether (sulfide) groups is 1. The number of benzene rings is 3. The first kappa shape index (κ1) is 21.2. The minimum absolute atomic E-state index is 0.0983. The Hall–Kier alpha value is -3.09. The van der Waals surface area contributed by atoms with Crippen molar-refractivity contribution in [3.63, 3.8) is 0 Å². The second-order valence-electron chi connectivity index (χ2n) is 7.11. The van der Waals surface area contributed by atoms with Crippen LogP contribution in [0.25, 0.3) is 17.1 Å². The van der Waals surface area contributed by atoms with Gasteiger partial charge in [0.25, 0.3) is 0 Å². The lowest BCUT2D eigenvalue weighted by Gasteiger charge is -2.12. The monoisotopic (exact) mass is 448 g/mol. The maximum absolute atomic E-state index is 12.6. The molecule has 156 valence electrons. The number of amides is 1. The first-order valence-corrected chi connectivity index (χ1v) is 11.1. The summed E-state index contributed by atoms with van der Waals surface area (Å²) >= 11 is 7.75. The number of aryl methyl sites for hydroxylation is 2. The molecule has 0 bridgehead atoms. The van der Waals surface area contributed by atoms with Crippen LogP contribution in [0.1, 0.15) is 11.1 Å². The summed E-state index contributed by atoms with van der Waals surface area (Å²) in [5.41, 5.74) is 4.70. The van der Waals surface area contributed by atoms with Crippen molar-refractivity contribution in [3.8, 4) is 17.1 Å². The van der Waals surface area contributed by atoms with E-state index >= 15 is 0 Å². The second-order valence-corrected chi connectivity index (χ2v) is 8.46. The van der Waals surface area contributed by atoms with E-state index in [0.29, 0.717) is 16.0 Å². The highest BCUT2D eigenvalue weighted by Gasteiger charge is 2.19. The summed E-state index contributed by atoms with van der Waals surface area (Å²) in [6.07, 6.45) is 0. The predicted molar refractivity (Wildman–Crippen MR) is 127 cm³/mol. The number of carbonyl (C=O) groups excluding carboxylic acids is 1. The molecule has 1 aromatic heterocycles. The fraction of sp³-hybridized carbons (Fsp3) is 0.125. The molecule has 0 atom stereocenters. The molecule has 0 saturated carbocycles. The van der Waals surface area contributed by atoms with Gasteiger partial charge in [-0.15, -0.1) is 10.2 Å². The number of hydrogen-bond donors (Lipinski definition) is 1. The zero-order valence-corrected chi connectivity index (χ0v) is 18.7. The van der Waals surface area contributed by atoms with E-state index in [4.69, 9.17) is 11.6 Å². The summed E-state index contributed by atoms with van der Waals surface area (Å²) in [5, 5.41) is 12.9. The standard InChI is InChI=1S/C24H21ClN4OS/c1-16-12-13-21(17(2)14-16)26-22(30)15-31-24-28-27-23(19-10-6-7-11-20(19)25)29(24)18-8-4-3-5-9-18/h3-14H,15H2,1-2H3,(H,26,30). The summed E-state index contributed by atoms with van der Waals surface area (Å²) in [7, 11) is 0. The van der Waals surface area contributed by atoms with Gasteiger partial charge < -0.3 is 5.32 Å². The Morgan fingerprint density at radius 3 is 2.48 bits per heavy atom. The van der Waals surface area contributed by atoms with Gasteiger partial charge in [-0.3, -0.25) is 9.36 Å². The van der Waals surface area contributed by atoms with Crippen LogP contribution in [0.15, 0.2) is 78.0 Å². The van der Waals surface area contributed by atoms with Crippen molar-refractivity contribution in [1.29, 1.82) is 0 Å². The largest absolute Gasteiger partial charge is 0.325 e. The molecule has 1 N–H and O–H groups in total. The van der Waals surface area contributed by atoms with E-state index in [1.165, 1.54) is 11.8 Å². The molecule has 4 aromatic rings. The van der Waals surface area contributed by atoms with Crippen LogP contribution in [0.5, 0.6) is 0 Å². The lowest BCUT2D eigenvalue weighted by molar-refractivity contribution is -0.113. The van der Waals surface area contributed by atoms with E-state index in [-0.39, 0.29) is 11.7 Å². The highest BCUT2D eigenvalue weighted by molar-refractivity contribution is 7.99. The summed E-state index contributed by atoms with van der Waals surface area (Å²) in [6.45, 7) is 4.01. The SMILES string of the molecule is Cc1ccc(NC(=O)CSc2nnc(-c3ccccc3Cl)n2-c2ccccc2)c(C)c1. The lowest BCUT2D eigenvalue weighted by Crippen LogP contribution is -2.15. The molecule has 0 radical (unpaired) electrons. The molecule has 0 spiro atoms. The van der Waals surface area contributed by atoms with Crippen LogP contribution in [0.2, 0.25) is 5.02 Å². The van der Waals surface area contributed by atoms with Gasteiger partial charge in [-0.05, 0) is 49.7 Å². The molecule has 7 heteroatoms. The van der Waals surface area contributed by atoms with Crippen molar-refractivity contribution in [2.24, 2.45) is 0 Å². The van der Waals surface area contributed by atoms with Crippen LogP contribution < -0.4 is 5.32 Å². The minimum atomic E-state index is -0.0983. The fourth-order valence-electron chi connectivity index (χ4n) is 3.26. The highest BCUT2D eigenvalue weighted by atomic mass is 35.5. The van der Waals surface area contributed by atoms with E-state index in [1.54, 1.807) is 0 Å². The van der Waals surface area contributed by atoms with Gasteiger partial charge in [0.15, 0.2) is 11.0 Å². The van der Waals surface area contributed by atoms with E-state index in [2.05, 4.69) is 15.5 Å². The molecular formula is C24H21ClN4OS. The first-order chi connectivity index (χ1) is 15.0. The number of anilines is 1. The molecule has 5 nitrogen and oxygen atoms in total. The zero-order chi connectivity index (χ0) is 21.8. The van der Waals surface area contributed by atoms with Gasteiger partial charge in [-0.1, -0.05) is 71.4 Å². The molecule has 4 rings (SSSR count).